The highest BCUT2D eigenvalue weighted by molar-refractivity contribution is 7.16. The van der Waals surface area contributed by atoms with Crippen molar-refractivity contribution in [2.24, 2.45) is 0 Å². The fraction of sp³-hybridized carbons (Fsp3) is 0.375. The molecule has 0 radical (unpaired) electrons. The van der Waals surface area contributed by atoms with Crippen LogP contribution < -0.4 is 4.87 Å². The van der Waals surface area contributed by atoms with Crippen molar-refractivity contribution in [2.75, 3.05) is 26.3 Å². The molecule has 4 rings (SSSR count). The van der Waals surface area contributed by atoms with Gasteiger partial charge < -0.3 is 14.8 Å². The van der Waals surface area contributed by atoms with Gasteiger partial charge in [0.2, 0.25) is 0 Å². The number of Topliss-reactive ketones (excluding diaryl/α,β-unsaturated/α-hetero) is 1. The van der Waals surface area contributed by atoms with Crippen LogP contribution in [0.4, 0.5) is 0 Å². The Morgan fingerprint density at radius 1 is 0.821 bits per heavy atom. The third-order valence-electron chi connectivity index (χ3n) is 6.83. The number of ketones is 1. The first-order valence-corrected chi connectivity index (χ1v) is 14.7. The van der Waals surface area contributed by atoms with Crippen molar-refractivity contribution in [2.45, 2.75) is 51.5 Å². The Bertz CT molecular complexity index is 1350. The molecule has 3 aromatic carbocycles. The van der Waals surface area contributed by atoms with E-state index in [9.17, 15) is 14.7 Å². The van der Waals surface area contributed by atoms with E-state index in [0.717, 1.165) is 81.6 Å². The second-order valence-electron chi connectivity index (χ2n) is 9.94. The Morgan fingerprint density at radius 2 is 1.49 bits per heavy atom. The lowest BCUT2D eigenvalue weighted by molar-refractivity contribution is 0.0925. The molecule has 4 aromatic rings. The van der Waals surface area contributed by atoms with Crippen LogP contribution in [0.5, 0.6) is 5.75 Å². The molecule has 0 amide bonds. The number of carbonyl (C=O) groups is 1. The SMILES string of the molecule is O=C(CN(CCCCCCOCCCCc1ccccc1)Cc1ccccc1)c1ccc(O)c2[nH]c(=O)sc12. The number of aromatic nitrogens is 1. The Balaban J connectivity index is 1.19. The van der Waals surface area contributed by atoms with Gasteiger partial charge in [0, 0.05) is 25.3 Å². The minimum atomic E-state index is -0.280. The molecule has 206 valence electrons. The predicted molar refractivity (Wildman–Crippen MR) is 159 cm³/mol. The monoisotopic (exact) mass is 546 g/mol. The third kappa shape index (κ3) is 9.17. The van der Waals surface area contributed by atoms with Gasteiger partial charge in [0.25, 0.3) is 0 Å². The summed E-state index contributed by atoms with van der Waals surface area (Å²) in [6.45, 7) is 3.37. The Labute approximate surface area is 234 Å². The highest BCUT2D eigenvalue weighted by Gasteiger charge is 2.18. The van der Waals surface area contributed by atoms with Crippen molar-refractivity contribution >= 4 is 27.3 Å². The van der Waals surface area contributed by atoms with Gasteiger partial charge in [-0.15, -0.1) is 0 Å². The van der Waals surface area contributed by atoms with E-state index in [4.69, 9.17) is 4.74 Å². The summed E-state index contributed by atoms with van der Waals surface area (Å²) in [5, 5.41) is 10.1. The number of nitrogens with zero attached hydrogens (tertiary/aromatic N) is 1. The van der Waals surface area contributed by atoms with E-state index in [0.29, 0.717) is 22.3 Å². The first-order chi connectivity index (χ1) is 19.1. The smallest absolute Gasteiger partial charge is 0.305 e. The Hall–Kier alpha value is -3.26. The number of aromatic hydroxyl groups is 1. The second kappa shape index (κ2) is 15.4. The number of rotatable bonds is 17. The van der Waals surface area contributed by atoms with Crippen molar-refractivity contribution in [1.82, 2.24) is 9.88 Å². The minimum Gasteiger partial charge on any atom is -0.506 e. The largest absolute Gasteiger partial charge is 0.506 e. The van der Waals surface area contributed by atoms with Gasteiger partial charge in [-0.1, -0.05) is 84.8 Å². The number of hydrogen-bond donors (Lipinski definition) is 2. The molecule has 0 saturated carbocycles. The van der Waals surface area contributed by atoms with Gasteiger partial charge in [0.05, 0.1) is 11.2 Å². The Kier molecular flexibility index (Phi) is 11.3. The average Bonchev–Trinajstić information content (AvgIpc) is 3.35. The van der Waals surface area contributed by atoms with Crippen LogP contribution in [-0.4, -0.2) is 47.1 Å². The van der Waals surface area contributed by atoms with E-state index in [1.807, 2.05) is 18.2 Å². The van der Waals surface area contributed by atoms with Crippen LogP contribution in [0.1, 0.15) is 60.0 Å². The summed E-state index contributed by atoms with van der Waals surface area (Å²) >= 11 is 0.964. The van der Waals surface area contributed by atoms with Gasteiger partial charge in [-0.05, 0) is 61.9 Å². The van der Waals surface area contributed by atoms with Crippen LogP contribution >= 0.6 is 11.3 Å². The molecule has 0 saturated heterocycles. The molecule has 0 aliphatic rings. The summed E-state index contributed by atoms with van der Waals surface area (Å²) in [5.41, 5.74) is 3.36. The first kappa shape index (κ1) is 28.7. The standard InChI is InChI=1S/C32H38N2O4S/c35-28-19-18-27(31-30(28)33-32(37)39-31)29(36)24-34(23-26-16-7-4-8-17-26)20-10-1-2-11-21-38-22-12-9-15-25-13-5-3-6-14-25/h3-8,13-14,16-19,35H,1-2,9-12,15,20-24H2,(H,33,37). The number of aryl methyl sites for hydroxylation is 1. The van der Waals surface area contributed by atoms with Gasteiger partial charge in [0.1, 0.15) is 11.3 Å². The lowest BCUT2D eigenvalue weighted by Gasteiger charge is -2.22. The number of nitrogens with one attached hydrogen (secondary N) is 1. The van der Waals surface area contributed by atoms with Crippen LogP contribution in [0, 0.1) is 0 Å². The summed E-state index contributed by atoms with van der Waals surface area (Å²) in [5.74, 6) is -0.0657. The number of benzene rings is 3. The zero-order valence-corrected chi connectivity index (χ0v) is 23.3. The van der Waals surface area contributed by atoms with E-state index < -0.39 is 0 Å². The van der Waals surface area contributed by atoms with E-state index in [1.54, 1.807) is 6.07 Å². The second-order valence-corrected chi connectivity index (χ2v) is 10.9. The average molecular weight is 547 g/mol. The molecule has 0 bridgehead atoms. The van der Waals surface area contributed by atoms with E-state index in [1.165, 1.54) is 11.6 Å². The summed E-state index contributed by atoms with van der Waals surface area (Å²) < 4.78 is 6.35. The molecule has 0 fully saturated rings. The zero-order valence-electron chi connectivity index (χ0n) is 22.4. The molecule has 0 aliphatic heterocycles. The highest BCUT2D eigenvalue weighted by atomic mass is 32.1. The van der Waals surface area contributed by atoms with Gasteiger partial charge >= 0.3 is 4.87 Å². The molecule has 0 atom stereocenters. The van der Waals surface area contributed by atoms with Crippen molar-refractivity contribution in [3.63, 3.8) is 0 Å². The molecule has 2 N–H and O–H groups in total. The number of H-pyrrole nitrogens is 1. The molecule has 6 nitrogen and oxygen atoms in total. The van der Waals surface area contributed by atoms with Gasteiger partial charge in [-0.3, -0.25) is 14.5 Å². The number of ether oxygens (including phenoxy) is 1. The number of carbonyl (C=O) groups excluding carboxylic acids is 1. The first-order valence-electron chi connectivity index (χ1n) is 13.9. The number of aromatic amines is 1. The summed E-state index contributed by atoms with van der Waals surface area (Å²) in [6.07, 6.45) is 7.58. The van der Waals surface area contributed by atoms with E-state index in [-0.39, 0.29) is 23.0 Å². The van der Waals surface area contributed by atoms with Crippen LogP contribution in [0.3, 0.4) is 0 Å². The topological polar surface area (TPSA) is 82.6 Å². The number of phenolic OH excluding ortho intramolecular Hbond substituents is 1. The van der Waals surface area contributed by atoms with Crippen molar-refractivity contribution < 1.29 is 14.6 Å². The molecule has 39 heavy (non-hydrogen) atoms. The van der Waals surface area contributed by atoms with Crippen LogP contribution in [0.2, 0.25) is 0 Å². The Morgan fingerprint density at radius 3 is 2.23 bits per heavy atom. The third-order valence-corrected chi connectivity index (χ3v) is 7.75. The van der Waals surface area contributed by atoms with Crippen LogP contribution in [-0.2, 0) is 17.7 Å². The van der Waals surface area contributed by atoms with Crippen molar-refractivity contribution in [3.8, 4) is 5.75 Å². The minimum absolute atomic E-state index is 0.0165. The normalized spacial score (nSPS) is 11.4. The molecule has 7 heteroatoms. The molecule has 0 spiro atoms. The molecule has 0 aliphatic carbocycles. The summed E-state index contributed by atoms with van der Waals surface area (Å²) in [6, 6.07) is 23.8. The van der Waals surface area contributed by atoms with Crippen molar-refractivity contribution in [1.29, 1.82) is 0 Å². The summed E-state index contributed by atoms with van der Waals surface area (Å²) in [4.78, 5) is 29.7. The number of fused-ring (bicyclic) bond motifs is 1. The van der Waals surface area contributed by atoms with Crippen LogP contribution in [0.15, 0.2) is 77.6 Å². The highest BCUT2D eigenvalue weighted by Crippen LogP contribution is 2.28. The maximum absolute atomic E-state index is 13.3. The molecular weight excluding hydrogens is 508 g/mol. The van der Waals surface area contributed by atoms with E-state index in [2.05, 4.69) is 52.3 Å². The number of hydrogen-bond acceptors (Lipinski definition) is 6. The lowest BCUT2D eigenvalue weighted by atomic mass is 10.1. The van der Waals surface area contributed by atoms with Crippen LogP contribution in [0.25, 0.3) is 10.2 Å². The molecule has 1 heterocycles. The zero-order chi connectivity index (χ0) is 27.3. The number of unbranched alkanes of at least 4 members (excludes halogenated alkanes) is 4. The number of thiazole rings is 1. The maximum atomic E-state index is 13.3. The quantitative estimate of drug-likeness (QED) is 0.115. The molecule has 0 unspecified atom stereocenters. The maximum Gasteiger partial charge on any atom is 0.305 e. The van der Waals surface area contributed by atoms with E-state index >= 15 is 0 Å². The fourth-order valence-corrected chi connectivity index (χ4v) is 5.64. The van der Waals surface area contributed by atoms with Crippen molar-refractivity contribution in [3.05, 3.63) is 99.2 Å². The number of phenols is 1. The lowest BCUT2D eigenvalue weighted by Crippen LogP contribution is -2.30. The van der Waals surface area contributed by atoms with Gasteiger partial charge in [-0.25, -0.2) is 0 Å². The summed E-state index contributed by atoms with van der Waals surface area (Å²) in [7, 11) is 0. The fourth-order valence-electron chi connectivity index (χ4n) is 4.76. The van der Waals surface area contributed by atoms with Gasteiger partial charge in [-0.2, -0.15) is 0 Å². The molecule has 1 aromatic heterocycles. The predicted octanol–water partition coefficient (Wildman–Crippen LogP) is 6.58. The molecular formula is C32H38N2O4S. The van der Waals surface area contributed by atoms with Gasteiger partial charge in [0.15, 0.2) is 5.78 Å².